The van der Waals surface area contributed by atoms with Crippen LogP contribution in [0.25, 0.3) is 10.9 Å². The van der Waals surface area contributed by atoms with Crippen LogP contribution in [-0.2, 0) is 12.7 Å². The highest BCUT2D eigenvalue weighted by Gasteiger charge is 2.32. The van der Waals surface area contributed by atoms with E-state index >= 15 is 0 Å². The summed E-state index contributed by atoms with van der Waals surface area (Å²) < 4.78 is 47.2. The Kier molecular flexibility index (Phi) is 6.95. The van der Waals surface area contributed by atoms with Gasteiger partial charge in [0.2, 0.25) is 0 Å². The molecule has 0 fully saturated rings. The van der Waals surface area contributed by atoms with Crippen LogP contribution in [0.2, 0.25) is 10.0 Å². The van der Waals surface area contributed by atoms with Gasteiger partial charge < -0.3 is 14.6 Å². The molecular formula is C25H16Cl2F3N3OS. The predicted octanol–water partition coefficient (Wildman–Crippen LogP) is 7.68. The molecule has 0 spiro atoms. The smallest absolute Gasteiger partial charge is 0.416 e. The number of nitriles is 1. The summed E-state index contributed by atoms with van der Waals surface area (Å²) in [4.78, 5) is 0.170. The van der Waals surface area contributed by atoms with Gasteiger partial charge in [0.15, 0.2) is 0 Å². The van der Waals surface area contributed by atoms with Gasteiger partial charge in [-0.3, -0.25) is 0 Å². The van der Waals surface area contributed by atoms with Crippen LogP contribution in [0.4, 0.5) is 19.0 Å². The molecule has 0 saturated heterocycles. The molecule has 4 aromatic rings. The van der Waals surface area contributed by atoms with E-state index in [4.69, 9.17) is 40.2 Å². The second-order valence-corrected chi connectivity index (χ2v) is 8.75. The largest absolute Gasteiger partial charge is 0.497 e. The third-order valence-corrected chi connectivity index (χ3v) is 6.57. The molecule has 1 heterocycles. The number of nitrogens with zero attached hydrogens (tertiary/aromatic N) is 2. The number of methoxy groups -OCH3 is 1. The third kappa shape index (κ3) is 4.94. The normalized spacial score (nSPS) is 11.3. The maximum Gasteiger partial charge on any atom is 0.416 e. The van der Waals surface area contributed by atoms with Crippen LogP contribution < -0.4 is 10.1 Å². The van der Waals surface area contributed by atoms with Gasteiger partial charge in [0.1, 0.15) is 28.2 Å². The van der Waals surface area contributed by atoms with Crippen LogP contribution in [0.3, 0.4) is 0 Å². The van der Waals surface area contributed by atoms with Crippen molar-refractivity contribution in [3.05, 3.63) is 93.0 Å². The van der Waals surface area contributed by atoms with E-state index in [2.05, 4.69) is 5.32 Å². The van der Waals surface area contributed by atoms with E-state index in [-0.39, 0.29) is 33.3 Å². The summed E-state index contributed by atoms with van der Waals surface area (Å²) in [6.07, 6.45) is -4.56. The molecule has 0 aliphatic heterocycles. The van der Waals surface area contributed by atoms with Crippen molar-refractivity contribution < 1.29 is 17.9 Å². The number of fused-ring (bicyclic) bond motifs is 1. The summed E-state index contributed by atoms with van der Waals surface area (Å²) in [5.74, 6) is 0.910. The molecule has 0 radical (unpaired) electrons. The van der Waals surface area contributed by atoms with Crippen molar-refractivity contribution in [2.75, 3.05) is 12.4 Å². The maximum absolute atomic E-state index is 13.4. The van der Waals surface area contributed by atoms with Crippen LogP contribution >= 0.6 is 35.4 Å². The minimum Gasteiger partial charge on any atom is -0.497 e. The van der Waals surface area contributed by atoms with Gasteiger partial charge in [0, 0.05) is 17.5 Å². The molecule has 0 aliphatic rings. The van der Waals surface area contributed by atoms with Crippen LogP contribution in [0, 0.1) is 11.3 Å². The second kappa shape index (κ2) is 9.78. The number of thiocarbonyl (C=S) groups is 1. The first-order valence-electron chi connectivity index (χ1n) is 10.2. The highest BCUT2D eigenvalue weighted by atomic mass is 35.5. The van der Waals surface area contributed by atoms with E-state index in [0.29, 0.717) is 21.9 Å². The Bertz CT molecular complexity index is 1470. The highest BCUT2D eigenvalue weighted by Crippen LogP contribution is 2.37. The van der Waals surface area contributed by atoms with Gasteiger partial charge in [-0.1, -0.05) is 59.7 Å². The van der Waals surface area contributed by atoms with Crippen LogP contribution in [-0.4, -0.2) is 16.7 Å². The van der Waals surface area contributed by atoms with E-state index < -0.39 is 11.7 Å². The van der Waals surface area contributed by atoms with Gasteiger partial charge in [-0.25, -0.2) is 0 Å². The van der Waals surface area contributed by atoms with Crippen molar-refractivity contribution in [3.8, 4) is 11.8 Å². The molecule has 0 atom stereocenters. The van der Waals surface area contributed by atoms with Crippen molar-refractivity contribution in [3.63, 3.8) is 0 Å². The molecule has 4 nitrogen and oxygen atoms in total. The van der Waals surface area contributed by atoms with E-state index in [1.54, 1.807) is 42.0 Å². The van der Waals surface area contributed by atoms with Gasteiger partial charge in [-0.05, 0) is 42.0 Å². The fourth-order valence-corrected chi connectivity index (χ4v) is 4.42. The lowest BCUT2D eigenvalue weighted by Crippen LogP contribution is -2.16. The number of halogens is 5. The van der Waals surface area contributed by atoms with E-state index in [0.717, 1.165) is 17.7 Å². The van der Waals surface area contributed by atoms with E-state index in [9.17, 15) is 18.4 Å². The summed E-state index contributed by atoms with van der Waals surface area (Å²) in [7, 11) is 1.55. The zero-order chi connectivity index (χ0) is 25.3. The summed E-state index contributed by atoms with van der Waals surface area (Å²) in [6, 6.07) is 17.5. The third-order valence-electron chi connectivity index (χ3n) is 5.43. The van der Waals surface area contributed by atoms with Gasteiger partial charge in [0.05, 0.1) is 28.2 Å². The number of alkyl halides is 3. The minimum absolute atomic E-state index is 0.0279. The Hall–Kier alpha value is -3.25. The zero-order valence-electron chi connectivity index (χ0n) is 18.1. The molecule has 0 bridgehead atoms. The zero-order valence-corrected chi connectivity index (χ0v) is 20.4. The lowest BCUT2D eigenvalue weighted by atomic mass is 10.1. The number of ether oxygens (including phenoxy) is 1. The second-order valence-electron chi connectivity index (χ2n) is 7.55. The van der Waals surface area contributed by atoms with Gasteiger partial charge in [0.25, 0.3) is 0 Å². The highest BCUT2D eigenvalue weighted by molar-refractivity contribution is 7.81. The molecule has 0 unspecified atom stereocenters. The molecular weight excluding hydrogens is 518 g/mol. The molecule has 3 aromatic carbocycles. The number of benzene rings is 3. The van der Waals surface area contributed by atoms with Crippen molar-refractivity contribution in [1.82, 2.24) is 4.57 Å². The monoisotopic (exact) mass is 533 g/mol. The minimum atomic E-state index is -4.56. The summed E-state index contributed by atoms with van der Waals surface area (Å²) >= 11 is 18.0. The molecule has 4 rings (SSSR count). The number of rotatable bonds is 5. The fraction of sp³-hybridized carbons (Fsp3) is 0.120. The number of anilines is 1. The molecule has 10 heteroatoms. The Labute approximate surface area is 214 Å². The predicted molar refractivity (Wildman–Crippen MR) is 136 cm³/mol. The number of nitrogens with one attached hydrogen (secondary N) is 1. The molecule has 1 aromatic heterocycles. The Balaban J connectivity index is 1.88. The topological polar surface area (TPSA) is 50.0 Å². The molecule has 0 saturated carbocycles. The van der Waals surface area contributed by atoms with E-state index in [1.165, 1.54) is 6.07 Å². The lowest BCUT2D eigenvalue weighted by molar-refractivity contribution is -0.137. The van der Waals surface area contributed by atoms with Crippen LogP contribution in [0.15, 0.2) is 60.7 Å². The summed E-state index contributed by atoms with van der Waals surface area (Å²) in [5.41, 5.74) is 0.875. The first-order chi connectivity index (χ1) is 16.6. The first-order valence-corrected chi connectivity index (χ1v) is 11.3. The quantitative estimate of drug-likeness (QED) is 0.267. The summed E-state index contributed by atoms with van der Waals surface area (Å²) in [5, 5.41) is 13.6. The summed E-state index contributed by atoms with van der Waals surface area (Å²) in [6.45, 7) is 0.252. The molecule has 35 heavy (non-hydrogen) atoms. The fourth-order valence-electron chi connectivity index (χ4n) is 3.71. The Morgan fingerprint density at radius 3 is 2.46 bits per heavy atom. The van der Waals surface area contributed by atoms with E-state index in [1.807, 2.05) is 18.2 Å². The Morgan fingerprint density at radius 2 is 1.83 bits per heavy atom. The van der Waals surface area contributed by atoms with Gasteiger partial charge in [-0.2, -0.15) is 18.4 Å². The lowest BCUT2D eigenvalue weighted by Gasteiger charge is -2.15. The Morgan fingerprint density at radius 1 is 1.11 bits per heavy atom. The molecule has 0 amide bonds. The number of hydrogen-bond acceptors (Lipinski definition) is 3. The molecule has 0 aliphatic carbocycles. The number of aromatic nitrogens is 1. The molecule has 178 valence electrons. The average Bonchev–Trinajstić information content (AvgIpc) is 3.12. The standard InChI is InChI=1S/C25H16Cl2F3N3OS/c1-34-16-8-5-14(6-9-16)13-33-21-10-7-15(25(28,29)30)11-18(21)19(12-31)23(33)32-24(35)17-3-2-4-20(26)22(17)27/h2-11H,13H2,1H3,(H,32,35). The first kappa shape index (κ1) is 24.9. The number of hydrogen-bond donors (Lipinski definition) is 1. The van der Waals surface area contributed by atoms with Crippen molar-refractivity contribution >= 4 is 57.1 Å². The van der Waals surface area contributed by atoms with Gasteiger partial charge in [-0.15, -0.1) is 0 Å². The van der Waals surface area contributed by atoms with Crippen LogP contribution in [0.1, 0.15) is 22.3 Å². The van der Waals surface area contributed by atoms with Crippen molar-refractivity contribution in [1.29, 1.82) is 5.26 Å². The molecule has 1 N–H and O–H groups in total. The van der Waals surface area contributed by atoms with Crippen molar-refractivity contribution in [2.45, 2.75) is 12.7 Å². The average molecular weight is 534 g/mol. The maximum atomic E-state index is 13.4. The van der Waals surface area contributed by atoms with Crippen molar-refractivity contribution in [2.24, 2.45) is 0 Å². The van der Waals surface area contributed by atoms with Gasteiger partial charge >= 0.3 is 6.18 Å². The SMILES string of the molecule is COc1ccc(Cn2c(NC(=S)c3cccc(Cl)c3Cl)c(C#N)c3cc(C(F)(F)F)ccc32)cc1. The van der Waals surface area contributed by atoms with Crippen LogP contribution in [0.5, 0.6) is 5.75 Å².